The number of carbonyl (C=O) groups excluding carboxylic acids is 1. The summed E-state index contributed by atoms with van der Waals surface area (Å²) in [5, 5.41) is 0. The summed E-state index contributed by atoms with van der Waals surface area (Å²) >= 11 is 0. The number of aromatic nitrogens is 1. The molecule has 0 atom stereocenters. The van der Waals surface area contributed by atoms with Crippen molar-refractivity contribution >= 4 is 17.7 Å². The zero-order chi connectivity index (χ0) is 20.1. The highest BCUT2D eigenvalue weighted by Crippen LogP contribution is 2.29. The third-order valence-corrected chi connectivity index (χ3v) is 4.80. The largest absolute Gasteiger partial charge is 0.493 e. The molecule has 0 N–H and O–H groups in total. The summed E-state index contributed by atoms with van der Waals surface area (Å²) in [6.45, 7) is 2.86. The summed E-state index contributed by atoms with van der Waals surface area (Å²) in [6.07, 6.45) is 3.33. The maximum Gasteiger partial charge on any atom is 0.271 e. The highest BCUT2D eigenvalue weighted by molar-refractivity contribution is 6.18. The number of pyridine rings is 1. The smallest absolute Gasteiger partial charge is 0.271 e. The zero-order valence-electron chi connectivity index (χ0n) is 16.4. The second kappa shape index (κ2) is 8.75. The van der Waals surface area contributed by atoms with Gasteiger partial charge in [0.2, 0.25) is 0 Å². The van der Waals surface area contributed by atoms with Gasteiger partial charge in [-0.1, -0.05) is 12.1 Å². The van der Waals surface area contributed by atoms with Crippen LogP contribution in [0.2, 0.25) is 0 Å². The number of hydrogen-bond acceptors (Lipinski definition) is 5. The normalized spacial score (nSPS) is 15.4. The Kier molecular flexibility index (Phi) is 6.16. The summed E-state index contributed by atoms with van der Waals surface area (Å²) in [6, 6.07) is 10.2. The van der Waals surface area contributed by atoms with Crippen LogP contribution < -0.4 is 15.0 Å². The molecule has 1 fully saturated rings. The average Bonchev–Trinajstić information content (AvgIpc) is 2.72. The van der Waals surface area contributed by atoms with E-state index in [1.807, 2.05) is 13.1 Å². The van der Waals surface area contributed by atoms with Crippen LogP contribution in [0.4, 0.5) is 0 Å². The molecule has 0 radical (unpaired) electrons. The van der Waals surface area contributed by atoms with Crippen molar-refractivity contribution in [1.29, 1.82) is 0 Å². The zero-order valence-corrected chi connectivity index (χ0v) is 16.4. The molecule has 1 saturated heterocycles. The summed E-state index contributed by atoms with van der Waals surface area (Å²) in [5.74, 6) is 0.989. The van der Waals surface area contributed by atoms with Crippen molar-refractivity contribution in [3.05, 3.63) is 58.5 Å². The van der Waals surface area contributed by atoms with Crippen LogP contribution >= 0.6 is 0 Å². The molecule has 1 aliphatic rings. The molecular formula is C21H25N3O4. The van der Waals surface area contributed by atoms with E-state index in [4.69, 9.17) is 9.47 Å². The predicted octanol–water partition coefficient (Wildman–Crippen LogP) is 1.64. The number of hydrogen-bond donors (Lipinski definition) is 0. The van der Waals surface area contributed by atoms with E-state index >= 15 is 0 Å². The minimum Gasteiger partial charge on any atom is -0.493 e. The fourth-order valence-electron chi connectivity index (χ4n) is 3.13. The molecule has 7 nitrogen and oxygen atoms in total. The van der Waals surface area contributed by atoms with Gasteiger partial charge >= 0.3 is 0 Å². The lowest BCUT2D eigenvalue weighted by Crippen LogP contribution is -2.48. The van der Waals surface area contributed by atoms with Crippen LogP contribution in [-0.2, 0) is 4.79 Å². The SMILES string of the molecule is COc1ccc(C=C(C(=O)N2CCN(C)CC2)n2ccccc2=O)cc1OC. The van der Waals surface area contributed by atoms with E-state index < -0.39 is 0 Å². The molecule has 2 aromatic rings. The Hall–Kier alpha value is -3.06. The van der Waals surface area contributed by atoms with E-state index in [1.54, 1.807) is 55.7 Å². The molecule has 0 saturated carbocycles. The van der Waals surface area contributed by atoms with Gasteiger partial charge < -0.3 is 19.3 Å². The summed E-state index contributed by atoms with van der Waals surface area (Å²) < 4.78 is 12.0. The molecular weight excluding hydrogens is 358 g/mol. The van der Waals surface area contributed by atoms with Crippen LogP contribution in [-0.4, -0.2) is 67.7 Å². The number of benzene rings is 1. The Labute approximate surface area is 164 Å². The second-order valence-corrected chi connectivity index (χ2v) is 6.65. The highest BCUT2D eigenvalue weighted by atomic mass is 16.5. The number of amides is 1. The number of rotatable bonds is 5. The van der Waals surface area contributed by atoms with Crippen LogP contribution in [0.15, 0.2) is 47.4 Å². The molecule has 7 heteroatoms. The van der Waals surface area contributed by atoms with Crippen molar-refractivity contribution in [1.82, 2.24) is 14.4 Å². The van der Waals surface area contributed by atoms with Crippen LogP contribution in [0.3, 0.4) is 0 Å². The first kappa shape index (κ1) is 19.7. The number of methoxy groups -OCH3 is 2. The Morgan fingerprint density at radius 2 is 1.71 bits per heavy atom. The van der Waals surface area contributed by atoms with E-state index in [9.17, 15) is 9.59 Å². The predicted molar refractivity (Wildman–Crippen MR) is 108 cm³/mol. The van der Waals surface area contributed by atoms with Crippen molar-refractivity contribution < 1.29 is 14.3 Å². The monoisotopic (exact) mass is 383 g/mol. The summed E-state index contributed by atoms with van der Waals surface area (Å²) in [7, 11) is 5.16. The highest BCUT2D eigenvalue weighted by Gasteiger charge is 2.24. The summed E-state index contributed by atoms with van der Waals surface area (Å²) in [5.41, 5.74) is 0.796. The van der Waals surface area contributed by atoms with Gasteiger partial charge in [0.15, 0.2) is 11.5 Å². The van der Waals surface area contributed by atoms with Gasteiger partial charge in [0.1, 0.15) is 5.70 Å². The van der Waals surface area contributed by atoms with Crippen LogP contribution in [0.5, 0.6) is 11.5 Å². The van der Waals surface area contributed by atoms with Crippen LogP contribution in [0, 0.1) is 0 Å². The fourth-order valence-corrected chi connectivity index (χ4v) is 3.13. The second-order valence-electron chi connectivity index (χ2n) is 6.65. The van der Waals surface area contributed by atoms with Crippen LogP contribution in [0.1, 0.15) is 5.56 Å². The minimum absolute atomic E-state index is 0.170. The van der Waals surface area contributed by atoms with Gasteiger partial charge in [0.25, 0.3) is 11.5 Å². The van der Waals surface area contributed by atoms with Gasteiger partial charge in [-0.25, -0.2) is 0 Å². The standard InChI is InChI=1S/C21H25N3O4/c1-22-10-12-23(13-11-22)21(26)17(24-9-5-4-6-20(24)25)14-16-7-8-18(27-2)19(15-16)28-3/h4-9,14-15H,10-13H2,1-3H3. The Morgan fingerprint density at radius 3 is 2.36 bits per heavy atom. The maximum absolute atomic E-state index is 13.3. The molecule has 3 rings (SSSR count). The van der Waals surface area contributed by atoms with Gasteiger partial charge in [-0.15, -0.1) is 0 Å². The topological polar surface area (TPSA) is 64.0 Å². The molecule has 28 heavy (non-hydrogen) atoms. The average molecular weight is 383 g/mol. The fraction of sp³-hybridized carbons (Fsp3) is 0.333. The van der Waals surface area contributed by atoms with Gasteiger partial charge in [0.05, 0.1) is 14.2 Å². The molecule has 1 aromatic heterocycles. The van der Waals surface area contributed by atoms with Gasteiger partial charge in [0, 0.05) is 38.4 Å². The van der Waals surface area contributed by atoms with Gasteiger partial charge in [-0.05, 0) is 36.9 Å². The molecule has 0 aliphatic carbocycles. The van der Waals surface area contributed by atoms with Crippen molar-refractivity contribution in [2.24, 2.45) is 0 Å². The van der Waals surface area contributed by atoms with Crippen molar-refractivity contribution in [3.63, 3.8) is 0 Å². The molecule has 2 heterocycles. The van der Waals surface area contributed by atoms with E-state index in [0.717, 1.165) is 18.7 Å². The first-order valence-corrected chi connectivity index (χ1v) is 9.13. The van der Waals surface area contributed by atoms with E-state index in [1.165, 1.54) is 10.6 Å². The molecule has 1 aliphatic heterocycles. The van der Waals surface area contributed by atoms with Crippen molar-refractivity contribution in [2.75, 3.05) is 47.4 Å². The van der Waals surface area contributed by atoms with E-state index in [-0.39, 0.29) is 11.5 Å². The number of carbonyl (C=O) groups is 1. The molecule has 0 bridgehead atoms. The van der Waals surface area contributed by atoms with E-state index in [0.29, 0.717) is 30.3 Å². The minimum atomic E-state index is -0.253. The first-order chi connectivity index (χ1) is 13.5. The van der Waals surface area contributed by atoms with Crippen LogP contribution in [0.25, 0.3) is 11.8 Å². The number of ether oxygens (including phenoxy) is 2. The quantitative estimate of drug-likeness (QED) is 0.735. The summed E-state index contributed by atoms with van der Waals surface area (Å²) in [4.78, 5) is 29.6. The third-order valence-electron chi connectivity index (χ3n) is 4.80. The van der Waals surface area contributed by atoms with Gasteiger partial charge in [-0.3, -0.25) is 14.2 Å². The Balaban J connectivity index is 2.04. The third kappa shape index (κ3) is 4.26. The maximum atomic E-state index is 13.3. The molecule has 1 aromatic carbocycles. The molecule has 1 amide bonds. The van der Waals surface area contributed by atoms with Crippen molar-refractivity contribution in [3.8, 4) is 11.5 Å². The number of piperazine rings is 1. The lowest BCUT2D eigenvalue weighted by molar-refractivity contribution is -0.126. The molecule has 0 spiro atoms. The number of likely N-dealkylation sites (N-methyl/N-ethyl adjacent to an activating group) is 1. The lowest BCUT2D eigenvalue weighted by Gasteiger charge is -2.33. The number of nitrogens with zero attached hydrogens (tertiary/aromatic N) is 3. The Morgan fingerprint density at radius 1 is 1.00 bits per heavy atom. The lowest BCUT2D eigenvalue weighted by atomic mass is 10.1. The van der Waals surface area contributed by atoms with Gasteiger partial charge in [-0.2, -0.15) is 0 Å². The first-order valence-electron chi connectivity index (χ1n) is 9.13. The molecule has 0 unspecified atom stereocenters. The molecule has 148 valence electrons. The van der Waals surface area contributed by atoms with E-state index in [2.05, 4.69) is 4.90 Å². The van der Waals surface area contributed by atoms with Crippen molar-refractivity contribution in [2.45, 2.75) is 0 Å². The Bertz CT molecular complexity index is 927.